The minimum Gasteiger partial charge on any atom is -0.508 e. The van der Waals surface area contributed by atoms with Gasteiger partial charge in [0, 0.05) is 18.3 Å². The minimum absolute atomic E-state index is 0.0410. The summed E-state index contributed by atoms with van der Waals surface area (Å²) in [7, 11) is 0. The second-order valence-electron chi connectivity index (χ2n) is 4.51. The number of carbonyl (C=O) groups excluding carboxylic acids is 1. The van der Waals surface area contributed by atoms with Gasteiger partial charge in [0.25, 0.3) is 5.91 Å². The van der Waals surface area contributed by atoms with Gasteiger partial charge >= 0.3 is 0 Å². The second kappa shape index (κ2) is 5.14. The molecule has 0 aliphatic heterocycles. The molecule has 0 saturated carbocycles. The summed E-state index contributed by atoms with van der Waals surface area (Å²) in [6, 6.07) is 7.18. The fourth-order valence-corrected chi connectivity index (χ4v) is 1.83. The van der Waals surface area contributed by atoms with Crippen molar-refractivity contribution in [3.8, 4) is 5.75 Å². The Bertz CT molecular complexity index is 605. The Hall–Kier alpha value is -2.30. The van der Waals surface area contributed by atoms with Gasteiger partial charge in [0.1, 0.15) is 17.3 Å². The minimum atomic E-state index is -0.670. The zero-order valence-electron chi connectivity index (χ0n) is 10.7. The van der Waals surface area contributed by atoms with Crippen molar-refractivity contribution in [2.24, 2.45) is 0 Å². The summed E-state index contributed by atoms with van der Waals surface area (Å²) in [4.78, 5) is 12.1. The number of hydrogen-bond donors (Lipinski definition) is 2. The third-order valence-electron chi connectivity index (χ3n) is 2.77. The Balaban J connectivity index is 2.23. The summed E-state index contributed by atoms with van der Waals surface area (Å²) in [5.74, 6) is -1.24. The van der Waals surface area contributed by atoms with Crippen molar-refractivity contribution in [3.63, 3.8) is 0 Å². The highest BCUT2D eigenvalue weighted by Crippen LogP contribution is 2.20. The van der Waals surface area contributed by atoms with Crippen LogP contribution in [0.3, 0.4) is 0 Å². The lowest BCUT2D eigenvalue weighted by atomic mass is 10.2. The van der Waals surface area contributed by atoms with Crippen LogP contribution in [-0.4, -0.2) is 15.6 Å². The summed E-state index contributed by atoms with van der Waals surface area (Å²) in [5, 5.41) is 11.6. The van der Waals surface area contributed by atoms with Crippen molar-refractivity contribution in [1.82, 2.24) is 4.57 Å². The highest BCUT2D eigenvalue weighted by molar-refractivity contribution is 6.03. The van der Waals surface area contributed by atoms with Gasteiger partial charge in [0.05, 0.1) is 5.69 Å². The predicted molar refractivity (Wildman–Crippen MR) is 70.8 cm³/mol. The number of amides is 1. The molecular weight excluding hydrogens is 247 g/mol. The van der Waals surface area contributed by atoms with Gasteiger partial charge in [-0.3, -0.25) is 4.79 Å². The molecule has 2 aromatic rings. The molecule has 0 saturated heterocycles. The molecule has 0 fully saturated rings. The van der Waals surface area contributed by atoms with Gasteiger partial charge in [0.15, 0.2) is 0 Å². The number of rotatable bonds is 3. The van der Waals surface area contributed by atoms with Gasteiger partial charge in [-0.15, -0.1) is 0 Å². The molecule has 1 heterocycles. The number of aromatic nitrogens is 1. The second-order valence-corrected chi connectivity index (χ2v) is 4.51. The van der Waals surface area contributed by atoms with Crippen molar-refractivity contribution in [2.45, 2.75) is 19.9 Å². The highest BCUT2D eigenvalue weighted by Gasteiger charge is 2.14. The van der Waals surface area contributed by atoms with E-state index in [0.717, 1.165) is 6.07 Å². The molecule has 4 nitrogen and oxygen atoms in total. The third-order valence-corrected chi connectivity index (χ3v) is 2.77. The van der Waals surface area contributed by atoms with Crippen molar-refractivity contribution in [3.05, 3.63) is 48.0 Å². The van der Waals surface area contributed by atoms with Crippen LogP contribution < -0.4 is 5.32 Å². The van der Waals surface area contributed by atoms with E-state index in [1.54, 1.807) is 22.9 Å². The van der Waals surface area contributed by atoms with Crippen LogP contribution in [0.4, 0.5) is 10.1 Å². The first-order valence-corrected chi connectivity index (χ1v) is 5.95. The van der Waals surface area contributed by atoms with Crippen molar-refractivity contribution >= 4 is 11.6 Å². The van der Waals surface area contributed by atoms with Crippen LogP contribution in [-0.2, 0) is 0 Å². The van der Waals surface area contributed by atoms with Crippen LogP contribution in [0.5, 0.6) is 5.75 Å². The van der Waals surface area contributed by atoms with Gasteiger partial charge in [-0.1, -0.05) is 0 Å². The molecule has 0 unspecified atom stereocenters. The smallest absolute Gasteiger partial charge is 0.272 e. The van der Waals surface area contributed by atoms with E-state index < -0.39 is 5.82 Å². The molecule has 1 amide bonds. The molecule has 1 aromatic carbocycles. The largest absolute Gasteiger partial charge is 0.508 e. The number of phenolic OH excluding ortho intramolecular Hbond substituents is 1. The van der Waals surface area contributed by atoms with E-state index in [0.29, 0.717) is 5.69 Å². The predicted octanol–water partition coefficient (Wildman–Crippen LogP) is 3.17. The highest BCUT2D eigenvalue weighted by atomic mass is 19.1. The van der Waals surface area contributed by atoms with E-state index in [4.69, 9.17) is 5.11 Å². The SMILES string of the molecule is CC(C)n1cccc1C(=O)Nc1ccc(O)cc1F. The van der Waals surface area contributed by atoms with E-state index in [1.807, 2.05) is 13.8 Å². The summed E-state index contributed by atoms with van der Waals surface area (Å²) in [5.41, 5.74) is 0.502. The molecule has 2 rings (SSSR count). The number of aromatic hydroxyl groups is 1. The van der Waals surface area contributed by atoms with Crippen LogP contribution in [0.2, 0.25) is 0 Å². The first-order chi connectivity index (χ1) is 8.99. The standard InChI is InChI=1S/C14H15FN2O2/c1-9(2)17-7-3-4-13(17)14(19)16-12-6-5-10(18)8-11(12)15/h3-9,18H,1-2H3,(H,16,19). The molecule has 2 N–H and O–H groups in total. The average Bonchev–Trinajstić information content (AvgIpc) is 2.82. The summed E-state index contributed by atoms with van der Waals surface area (Å²) < 4.78 is 15.3. The normalized spacial score (nSPS) is 10.7. The lowest BCUT2D eigenvalue weighted by Crippen LogP contribution is -2.18. The maximum atomic E-state index is 13.5. The number of carbonyl (C=O) groups is 1. The van der Waals surface area contributed by atoms with E-state index in [1.165, 1.54) is 12.1 Å². The Labute approximate surface area is 110 Å². The number of nitrogens with one attached hydrogen (secondary N) is 1. The monoisotopic (exact) mass is 262 g/mol. The van der Waals surface area contributed by atoms with Crippen LogP contribution in [0.25, 0.3) is 0 Å². The molecule has 19 heavy (non-hydrogen) atoms. The molecule has 0 aliphatic rings. The van der Waals surface area contributed by atoms with E-state index in [-0.39, 0.29) is 23.4 Å². The zero-order chi connectivity index (χ0) is 14.0. The van der Waals surface area contributed by atoms with E-state index >= 15 is 0 Å². The number of halogens is 1. The summed E-state index contributed by atoms with van der Waals surface area (Å²) >= 11 is 0. The molecule has 0 aliphatic carbocycles. The molecular formula is C14H15FN2O2. The molecule has 1 aromatic heterocycles. The quantitative estimate of drug-likeness (QED) is 0.835. The maximum absolute atomic E-state index is 13.5. The topological polar surface area (TPSA) is 54.3 Å². The van der Waals surface area contributed by atoms with Crippen LogP contribution in [0.15, 0.2) is 36.5 Å². The summed E-state index contributed by atoms with van der Waals surface area (Å²) in [6.07, 6.45) is 1.80. The van der Waals surface area contributed by atoms with Crippen molar-refractivity contribution in [2.75, 3.05) is 5.32 Å². The van der Waals surface area contributed by atoms with Crippen LogP contribution >= 0.6 is 0 Å². The van der Waals surface area contributed by atoms with E-state index in [2.05, 4.69) is 5.32 Å². The number of anilines is 1. The Morgan fingerprint density at radius 1 is 1.37 bits per heavy atom. The Morgan fingerprint density at radius 3 is 2.74 bits per heavy atom. The van der Waals surface area contributed by atoms with Gasteiger partial charge < -0.3 is 15.0 Å². The molecule has 100 valence electrons. The number of hydrogen-bond acceptors (Lipinski definition) is 2. The van der Waals surface area contributed by atoms with Gasteiger partial charge in [-0.25, -0.2) is 4.39 Å². The number of nitrogens with zero attached hydrogens (tertiary/aromatic N) is 1. The third kappa shape index (κ3) is 2.76. The van der Waals surface area contributed by atoms with Crippen LogP contribution in [0, 0.1) is 5.82 Å². The van der Waals surface area contributed by atoms with Crippen molar-refractivity contribution in [1.29, 1.82) is 0 Å². The maximum Gasteiger partial charge on any atom is 0.272 e. The number of phenols is 1. The molecule has 0 spiro atoms. The molecule has 0 atom stereocenters. The summed E-state index contributed by atoms with van der Waals surface area (Å²) in [6.45, 7) is 3.91. The van der Waals surface area contributed by atoms with Crippen molar-refractivity contribution < 1.29 is 14.3 Å². The fraction of sp³-hybridized carbons (Fsp3) is 0.214. The zero-order valence-corrected chi connectivity index (χ0v) is 10.7. The average molecular weight is 262 g/mol. The van der Waals surface area contributed by atoms with Gasteiger partial charge in [-0.2, -0.15) is 0 Å². The van der Waals surface area contributed by atoms with Gasteiger partial charge in [0.2, 0.25) is 0 Å². The molecule has 5 heteroatoms. The first kappa shape index (κ1) is 13.1. The lowest BCUT2D eigenvalue weighted by molar-refractivity contribution is 0.101. The molecule has 0 radical (unpaired) electrons. The first-order valence-electron chi connectivity index (χ1n) is 5.95. The van der Waals surface area contributed by atoms with Gasteiger partial charge in [-0.05, 0) is 38.1 Å². The lowest BCUT2D eigenvalue weighted by Gasteiger charge is -2.13. The number of benzene rings is 1. The Kier molecular flexibility index (Phi) is 3.55. The fourth-order valence-electron chi connectivity index (χ4n) is 1.83. The Morgan fingerprint density at radius 2 is 2.11 bits per heavy atom. The van der Waals surface area contributed by atoms with E-state index in [9.17, 15) is 9.18 Å². The van der Waals surface area contributed by atoms with Crippen LogP contribution in [0.1, 0.15) is 30.4 Å². The molecule has 0 bridgehead atoms.